The van der Waals surface area contributed by atoms with Crippen molar-refractivity contribution in [2.45, 2.75) is 97.6 Å². The van der Waals surface area contributed by atoms with E-state index in [1.807, 2.05) is 38.2 Å². The van der Waals surface area contributed by atoms with E-state index in [1.165, 1.54) is 21.9 Å². The SMILES string of the molecule is CCn1c(-c2cnccc2COC)c2c3cc(ccc31)-c1cc(O)cc(c1)C[C@H](NC(=O)C(C(C)C)N(C)C(=O)CN(C)C(=O)[C@@H]1CN1)C(=O)N1CCC[C@H](N1)C(=O)OCC(C)(C)C2. The van der Waals surface area contributed by atoms with Gasteiger partial charge >= 0.3 is 5.97 Å². The number of pyridine rings is 1. The molecule has 0 saturated carbocycles. The van der Waals surface area contributed by atoms with Crippen molar-refractivity contribution < 1.29 is 38.6 Å². The highest BCUT2D eigenvalue weighted by atomic mass is 16.5. The number of benzene rings is 2. The van der Waals surface area contributed by atoms with Crippen molar-refractivity contribution in [2.75, 3.05) is 47.4 Å². The van der Waals surface area contributed by atoms with Crippen LogP contribution in [0.3, 0.4) is 0 Å². The largest absolute Gasteiger partial charge is 0.508 e. The number of fused-ring (bicyclic) bond motifs is 6. The third kappa shape index (κ3) is 9.93. The molecule has 7 rings (SSSR count). The van der Waals surface area contributed by atoms with Gasteiger partial charge in [-0.05, 0) is 90.3 Å². The number of phenolic OH excluding ortho intramolecular Hbond substituents is 1. The number of carbonyl (C=O) groups excluding carboxylic acids is 5. The van der Waals surface area contributed by atoms with Crippen molar-refractivity contribution in [2.24, 2.45) is 11.3 Å². The van der Waals surface area contributed by atoms with Gasteiger partial charge in [-0.1, -0.05) is 39.8 Å². The molecule has 0 spiro atoms. The number of esters is 1. The lowest BCUT2D eigenvalue weighted by molar-refractivity contribution is -0.155. The third-order valence-electron chi connectivity index (χ3n) is 12.5. The maximum Gasteiger partial charge on any atom is 0.324 e. The average molecular weight is 879 g/mol. The van der Waals surface area contributed by atoms with Gasteiger partial charge in [0.2, 0.25) is 17.7 Å². The molecule has 16 heteroatoms. The Morgan fingerprint density at radius 1 is 1.09 bits per heavy atom. The van der Waals surface area contributed by atoms with Crippen LogP contribution >= 0.6 is 0 Å². The summed E-state index contributed by atoms with van der Waals surface area (Å²) in [7, 11) is 4.74. The summed E-state index contributed by atoms with van der Waals surface area (Å²) in [6.45, 7) is 11.6. The summed E-state index contributed by atoms with van der Waals surface area (Å²) < 4.78 is 14.0. The molecule has 2 saturated heterocycles. The number of amides is 4. The highest BCUT2D eigenvalue weighted by molar-refractivity contribution is 5.96. The Kier molecular flexibility index (Phi) is 13.8. The lowest BCUT2D eigenvalue weighted by Gasteiger charge is -2.37. The van der Waals surface area contributed by atoms with Crippen molar-refractivity contribution in [3.63, 3.8) is 0 Å². The van der Waals surface area contributed by atoms with Crippen LogP contribution in [0.5, 0.6) is 5.75 Å². The molecule has 4 amide bonds. The minimum atomic E-state index is -1.17. The van der Waals surface area contributed by atoms with Gasteiger partial charge in [-0.3, -0.25) is 34.0 Å². The minimum absolute atomic E-state index is 0.0170. The predicted molar refractivity (Wildman–Crippen MR) is 241 cm³/mol. The van der Waals surface area contributed by atoms with Gasteiger partial charge in [0.1, 0.15) is 23.9 Å². The van der Waals surface area contributed by atoms with Gasteiger partial charge in [-0.25, -0.2) is 5.43 Å². The summed E-state index contributed by atoms with van der Waals surface area (Å²) >= 11 is 0. The Balaban J connectivity index is 1.30. The maximum absolute atomic E-state index is 14.6. The molecule has 6 bridgehead atoms. The number of hydrogen-bond acceptors (Lipinski definition) is 11. The number of nitrogens with one attached hydrogen (secondary N) is 3. The van der Waals surface area contributed by atoms with Crippen molar-refractivity contribution in [1.82, 2.24) is 40.4 Å². The molecule has 0 radical (unpaired) electrons. The first kappa shape index (κ1) is 46.2. The lowest BCUT2D eigenvalue weighted by atomic mass is 9.84. The van der Waals surface area contributed by atoms with E-state index in [4.69, 9.17) is 9.47 Å². The standard InChI is InChI=1S/C48H62N8O8/c1-9-55-40-13-12-30-21-34(40)35(43(55)36-23-49-15-14-31(36)26-63-8)22-48(4,5)27-64-47(62)37-11-10-16-56(52-37)46(61)38(19-29-17-32(30)20-33(57)18-29)51-44(59)42(28(2)3)54(7)41(58)25-53(6)45(60)39-24-50-39/h12-15,17-18,20-21,23,28,37-39,42,50,52,57H,9-11,16,19,22,24-27H2,1-8H3,(H,51,59)/t37-,38-,39-,42?/m0/s1. The molecule has 3 aliphatic rings. The van der Waals surface area contributed by atoms with Crippen LogP contribution in [-0.2, 0) is 59.4 Å². The summed E-state index contributed by atoms with van der Waals surface area (Å²) in [5, 5.41) is 19.5. The first-order valence-corrected chi connectivity index (χ1v) is 22.2. The molecule has 2 aromatic carbocycles. The monoisotopic (exact) mass is 878 g/mol. The summed E-state index contributed by atoms with van der Waals surface area (Å²) in [5.74, 6) is -2.55. The van der Waals surface area contributed by atoms with Gasteiger partial charge in [-0.2, -0.15) is 0 Å². The molecule has 2 fully saturated rings. The Morgan fingerprint density at radius 3 is 2.56 bits per heavy atom. The summed E-state index contributed by atoms with van der Waals surface area (Å²) in [5.41, 5.74) is 9.68. The number of likely N-dealkylation sites (N-methyl/N-ethyl adjacent to an activating group) is 2. The maximum atomic E-state index is 14.6. The fourth-order valence-corrected chi connectivity index (χ4v) is 9.16. The van der Waals surface area contributed by atoms with Crippen LogP contribution in [0.25, 0.3) is 33.3 Å². The Morgan fingerprint density at radius 2 is 1.86 bits per heavy atom. The Hall–Kier alpha value is -5.84. The van der Waals surface area contributed by atoms with Gasteiger partial charge in [0, 0.05) is 81.5 Å². The van der Waals surface area contributed by atoms with Crippen LogP contribution in [0.1, 0.15) is 64.2 Å². The molecule has 3 aliphatic heterocycles. The van der Waals surface area contributed by atoms with Gasteiger partial charge in [0.25, 0.3) is 5.91 Å². The Bertz CT molecular complexity index is 2430. The third-order valence-corrected chi connectivity index (χ3v) is 12.5. The van der Waals surface area contributed by atoms with E-state index >= 15 is 0 Å². The number of phenols is 1. The average Bonchev–Trinajstić information content (AvgIpc) is 4.07. The molecule has 5 heterocycles. The smallest absolute Gasteiger partial charge is 0.324 e. The Labute approximate surface area is 374 Å². The van der Waals surface area contributed by atoms with E-state index in [0.29, 0.717) is 50.1 Å². The number of hydrogen-bond donors (Lipinski definition) is 4. The zero-order valence-corrected chi connectivity index (χ0v) is 38.2. The number of methoxy groups -OCH3 is 1. The number of aryl methyl sites for hydroxylation is 1. The van der Waals surface area contributed by atoms with E-state index in [2.05, 4.69) is 58.5 Å². The second kappa shape index (κ2) is 19.1. The van der Waals surface area contributed by atoms with E-state index < -0.39 is 47.2 Å². The van der Waals surface area contributed by atoms with Crippen LogP contribution in [0.4, 0.5) is 0 Å². The first-order valence-electron chi connectivity index (χ1n) is 22.2. The van der Waals surface area contributed by atoms with Gasteiger partial charge < -0.3 is 39.6 Å². The topological polar surface area (TPSA) is 198 Å². The number of carbonyl (C=O) groups is 5. The molecule has 1 unspecified atom stereocenters. The summed E-state index contributed by atoms with van der Waals surface area (Å²) in [6, 6.07) is 10.1. The lowest BCUT2D eigenvalue weighted by Crippen LogP contribution is -2.62. The highest BCUT2D eigenvalue weighted by Gasteiger charge is 2.39. The number of nitrogens with zero attached hydrogens (tertiary/aromatic N) is 5. The fourth-order valence-electron chi connectivity index (χ4n) is 9.16. The predicted octanol–water partition coefficient (Wildman–Crippen LogP) is 3.80. The van der Waals surface area contributed by atoms with Gasteiger partial charge in [-0.15, -0.1) is 0 Å². The molecule has 342 valence electrons. The van der Waals surface area contributed by atoms with Crippen LogP contribution in [0.15, 0.2) is 54.9 Å². The fraction of sp³-hybridized carbons (Fsp3) is 0.500. The van der Waals surface area contributed by atoms with Crippen LogP contribution in [-0.4, -0.2) is 131 Å². The van der Waals surface area contributed by atoms with Gasteiger partial charge in [0.15, 0.2) is 0 Å². The molecule has 2 aromatic heterocycles. The second-order valence-corrected chi connectivity index (χ2v) is 18.5. The highest BCUT2D eigenvalue weighted by Crippen LogP contribution is 2.41. The van der Waals surface area contributed by atoms with E-state index in [1.54, 1.807) is 32.5 Å². The zero-order chi connectivity index (χ0) is 46.0. The van der Waals surface area contributed by atoms with Crippen molar-refractivity contribution in [3.8, 4) is 28.1 Å². The number of rotatable bonds is 11. The van der Waals surface area contributed by atoms with Crippen LogP contribution in [0.2, 0.25) is 0 Å². The van der Waals surface area contributed by atoms with Crippen molar-refractivity contribution in [1.29, 1.82) is 0 Å². The molecule has 16 nitrogen and oxygen atoms in total. The van der Waals surface area contributed by atoms with E-state index in [9.17, 15) is 29.1 Å². The second-order valence-electron chi connectivity index (χ2n) is 18.5. The first-order chi connectivity index (χ1) is 30.5. The molecular formula is C48H62N8O8. The van der Waals surface area contributed by atoms with Gasteiger partial charge in [0.05, 0.1) is 31.5 Å². The number of hydrazine groups is 1. The molecule has 4 atom stereocenters. The van der Waals surface area contributed by atoms with E-state index in [-0.39, 0.29) is 49.7 Å². The molecule has 64 heavy (non-hydrogen) atoms. The summed E-state index contributed by atoms with van der Waals surface area (Å²) in [4.78, 5) is 76.2. The summed E-state index contributed by atoms with van der Waals surface area (Å²) in [6.07, 6.45) is 5.10. The number of cyclic esters (lactones) is 1. The van der Waals surface area contributed by atoms with Crippen LogP contribution < -0.4 is 16.1 Å². The quantitative estimate of drug-likeness (QED) is 0.126. The number of aromatic hydroxyl groups is 1. The van der Waals surface area contributed by atoms with Crippen molar-refractivity contribution >= 4 is 40.5 Å². The minimum Gasteiger partial charge on any atom is -0.508 e. The van der Waals surface area contributed by atoms with Crippen LogP contribution in [0, 0.1) is 11.3 Å². The molecule has 4 N–H and O–H groups in total. The molecule has 4 aromatic rings. The molecular weight excluding hydrogens is 817 g/mol. The number of aromatic nitrogens is 2. The van der Waals surface area contributed by atoms with E-state index in [0.717, 1.165) is 38.9 Å². The van der Waals surface area contributed by atoms with Crippen molar-refractivity contribution in [3.05, 3.63) is 71.5 Å². The normalized spacial score (nSPS) is 20.3. The zero-order valence-electron chi connectivity index (χ0n) is 38.2. The molecule has 0 aliphatic carbocycles. The number of ether oxygens (including phenoxy) is 2.